The van der Waals surface area contributed by atoms with Crippen molar-refractivity contribution >= 4 is 35.5 Å². The van der Waals surface area contributed by atoms with Crippen LogP contribution in [0, 0.1) is 0 Å². The number of hydrogen-bond acceptors (Lipinski definition) is 47. The summed E-state index contributed by atoms with van der Waals surface area (Å²) in [4.78, 5) is 76.7. The molecule has 9 saturated heterocycles. The van der Waals surface area contributed by atoms with Crippen LogP contribution < -0.4 is 26.6 Å². The molecule has 9 heterocycles. The van der Waals surface area contributed by atoms with Crippen molar-refractivity contribution in [2.24, 2.45) is 0 Å². The summed E-state index contributed by atoms with van der Waals surface area (Å²) in [7, 11) is 0. The number of ether oxygens (including phenoxy) is 17. The molecule has 0 aromatic carbocycles. The highest BCUT2D eigenvalue weighted by Crippen LogP contribution is 2.41. The molecule has 120 heavy (non-hydrogen) atoms. The Morgan fingerprint density at radius 2 is 0.733 bits per heavy atom. The molecule has 5 amide bonds. The summed E-state index contributed by atoms with van der Waals surface area (Å²) in [6, 6.07) is -9.38. The van der Waals surface area contributed by atoms with E-state index in [1.165, 1.54) is 6.92 Å². The molecule has 9 fully saturated rings. The normalized spacial score (nSPS) is 46.9. The third-order valence-corrected chi connectivity index (χ3v) is 21.7. The van der Waals surface area contributed by atoms with Gasteiger partial charge in [0.25, 0.3) is 5.79 Å². The zero-order chi connectivity index (χ0) is 88.9. The Morgan fingerprint density at radius 3 is 1.23 bits per heavy atom. The van der Waals surface area contributed by atoms with Crippen molar-refractivity contribution in [1.82, 2.24) is 26.6 Å². The SMILES string of the molecule is CC(=O)N[C@@H]1[C@@H](O)[C@H](O[C@@H]2O[C@H](CO)[C@@H](O[C@@H]3O[C@H](CO[C@H]4O[C@H](CO)[C@@H](O)[C@H](O)[C@@H]4O)[C@@H](O)[C@H](O[C@H]4O[C@H](CO)[C@@H](O)[C@H](O)[C@@H]4O[C@@H]4O[C@H](CO)[C@@H](O[C@@H]5O[C@H](CO[C@]6(C(=O)O)C[C@H](O)[C@@H](NC(C)=O)[C@H]([C@H](O)[C@H](O)CO)O6)[C@H](O)[C@H](O)[C@H]5NC(C)=O)[C@H](O)[C@H]4NC(C)=O)[C@@H]3O)[C@H](O)[C@H]2NC(C)=O)[C@@H](CO[C@@H]2O[C@@H](C)[C@@H](O)[C@@H](O)[C@@H]2O)O[C@H]1O. The van der Waals surface area contributed by atoms with Crippen molar-refractivity contribution < 1.29 is 237 Å². The van der Waals surface area contributed by atoms with E-state index in [0.717, 1.165) is 34.6 Å². The second kappa shape index (κ2) is 42.7. The van der Waals surface area contributed by atoms with Gasteiger partial charge in [0.2, 0.25) is 29.5 Å². The fraction of sp³-hybridized carbons (Fsp3) is 0.910. The van der Waals surface area contributed by atoms with Gasteiger partial charge in [-0.1, -0.05) is 0 Å². The van der Waals surface area contributed by atoms with Crippen molar-refractivity contribution in [2.45, 2.75) is 330 Å². The molecule has 0 saturated carbocycles. The van der Waals surface area contributed by atoms with Crippen LogP contribution in [-0.2, 0) is 109 Å². The van der Waals surface area contributed by atoms with E-state index in [1.807, 2.05) is 0 Å². The summed E-state index contributed by atoms with van der Waals surface area (Å²) in [6.07, 6.45) is -84.5. The van der Waals surface area contributed by atoms with Gasteiger partial charge in [0.15, 0.2) is 50.3 Å². The molecule has 53 heteroatoms. The van der Waals surface area contributed by atoms with Gasteiger partial charge in [0.05, 0.1) is 71.1 Å². The first kappa shape index (κ1) is 99.0. The number of carboxylic acid groups (broad SMARTS) is 1. The molecule has 30 N–H and O–H groups in total. The van der Waals surface area contributed by atoms with Gasteiger partial charge < -0.3 is 235 Å². The maximum Gasteiger partial charge on any atom is 0.364 e. The van der Waals surface area contributed by atoms with Crippen LogP contribution in [-0.4, -0.2) is 498 Å². The fourth-order valence-electron chi connectivity index (χ4n) is 15.3. The number of aliphatic hydroxyl groups is 24. The first-order valence-electron chi connectivity index (χ1n) is 38.1. The van der Waals surface area contributed by atoms with Crippen molar-refractivity contribution in [3.05, 3.63) is 0 Å². The standard InChI is InChI=1S/C67H111N5O48/c1-16-36(85)46(95)49(98)62(107-16)105-14-30-54(43(92)32(58(101)108-30)69-18(3)79)116-60-34(71-20(5)81)45(94)53(27(12-77)111-60)117-64-51(100)56(41(90)28(114-64)13-104-63-50(99)47(96)38(87)24(9-74)109-63)118-65-57(48(97)39(88)25(10-75)110-65)119-61-35(72-21(6)82)44(93)52(26(11-76)112-61)115-59-33(70-19(4)80)42(91)40(89)29(113-59)15-106-67(66(102)103)7-22(83)31(68-17(2)78)55(120-67)37(86)23(84)8-73/h16,22-65,73-77,83-101H,7-15H2,1-6H3,(H,68,78)(H,69,79)(H,70,80)(H,71,81)(H,72,82)(H,102,103)/t16-,22-,23+,24+,25+,26+,27+,28+,29+,30+,31+,32+,33+,34+,35+,36+,37+,38+,39+,40-,41+,42+,43+,44+,45+,46+,47-,48-,49-,50-,51-,52+,53+,54+,55+,56-,57-,58+,59-,60-,61-,62+,63-,64-,65+,67+/m0/s1. The number of carboxylic acids is 1. The molecule has 53 nitrogen and oxygen atoms in total. The lowest BCUT2D eigenvalue weighted by Gasteiger charge is -2.51. The minimum atomic E-state index is -3.09. The van der Waals surface area contributed by atoms with E-state index in [2.05, 4.69) is 26.6 Å². The maximum atomic E-state index is 13.2. The van der Waals surface area contributed by atoms with Crippen LogP contribution >= 0.6 is 0 Å². The highest BCUT2D eigenvalue weighted by molar-refractivity contribution is 5.77. The van der Waals surface area contributed by atoms with Gasteiger partial charge in [-0.3, -0.25) is 24.0 Å². The van der Waals surface area contributed by atoms with Crippen LogP contribution in [0.5, 0.6) is 0 Å². The van der Waals surface area contributed by atoms with Gasteiger partial charge in [0, 0.05) is 41.0 Å². The van der Waals surface area contributed by atoms with Crippen molar-refractivity contribution in [1.29, 1.82) is 0 Å². The van der Waals surface area contributed by atoms with Gasteiger partial charge in [-0.2, -0.15) is 0 Å². The lowest BCUT2D eigenvalue weighted by molar-refractivity contribution is -0.397. The highest BCUT2D eigenvalue weighted by atomic mass is 16.8. The number of rotatable bonds is 32. The Bertz CT molecular complexity index is 3320. The van der Waals surface area contributed by atoms with Crippen LogP contribution in [0.4, 0.5) is 0 Å². The molecule has 46 atom stereocenters. The van der Waals surface area contributed by atoms with E-state index >= 15 is 0 Å². The van der Waals surface area contributed by atoms with Crippen molar-refractivity contribution in [2.75, 3.05) is 52.9 Å². The van der Waals surface area contributed by atoms with E-state index in [1.54, 1.807) is 0 Å². The van der Waals surface area contributed by atoms with Crippen LogP contribution in [0.2, 0.25) is 0 Å². The minimum Gasteiger partial charge on any atom is -0.477 e. The summed E-state index contributed by atoms with van der Waals surface area (Å²) in [5, 5.41) is 290. The zero-order valence-electron chi connectivity index (χ0n) is 64.9. The van der Waals surface area contributed by atoms with Gasteiger partial charge >= 0.3 is 5.97 Å². The number of carbonyl (C=O) groups excluding carboxylic acids is 5. The third kappa shape index (κ3) is 22.2. The molecule has 0 aliphatic carbocycles. The summed E-state index contributed by atoms with van der Waals surface area (Å²) in [5.74, 6) is -9.74. The number of nitrogens with one attached hydrogen (secondary N) is 5. The van der Waals surface area contributed by atoms with Crippen LogP contribution in [0.1, 0.15) is 48.0 Å². The molecule has 692 valence electrons. The van der Waals surface area contributed by atoms with Gasteiger partial charge in [-0.05, 0) is 6.92 Å². The number of aliphatic hydroxyl groups excluding tert-OH is 24. The Labute approximate surface area is 679 Å². The molecule has 9 aliphatic rings. The summed E-state index contributed by atoms with van der Waals surface area (Å²) < 4.78 is 101. The summed E-state index contributed by atoms with van der Waals surface area (Å²) >= 11 is 0. The summed E-state index contributed by atoms with van der Waals surface area (Å²) in [6.45, 7) is -2.92. The Balaban J connectivity index is 1.000. The van der Waals surface area contributed by atoms with E-state index in [-0.39, 0.29) is 0 Å². The zero-order valence-corrected chi connectivity index (χ0v) is 64.9. The monoisotopic (exact) mass is 1750 g/mol. The molecule has 0 spiro atoms. The van der Waals surface area contributed by atoms with Gasteiger partial charge in [-0.25, -0.2) is 4.79 Å². The second-order valence-corrected chi connectivity index (χ2v) is 30.4. The predicted octanol–water partition coefficient (Wildman–Crippen LogP) is -19.7. The first-order valence-corrected chi connectivity index (χ1v) is 38.1. The molecule has 0 aromatic rings. The van der Waals surface area contributed by atoms with E-state index in [9.17, 15) is 156 Å². The number of amides is 5. The van der Waals surface area contributed by atoms with Crippen LogP contribution in [0.15, 0.2) is 0 Å². The van der Waals surface area contributed by atoms with Crippen LogP contribution in [0.3, 0.4) is 0 Å². The number of aliphatic carboxylic acids is 1. The lowest BCUT2D eigenvalue weighted by Crippen LogP contribution is -2.71. The van der Waals surface area contributed by atoms with E-state index in [0.29, 0.717) is 0 Å². The van der Waals surface area contributed by atoms with Crippen molar-refractivity contribution in [3.63, 3.8) is 0 Å². The second-order valence-electron chi connectivity index (χ2n) is 30.4. The molecule has 0 radical (unpaired) electrons. The Kier molecular flexibility index (Phi) is 35.2. The minimum absolute atomic E-state index is 0.829. The van der Waals surface area contributed by atoms with Crippen molar-refractivity contribution in [3.8, 4) is 0 Å². The largest absolute Gasteiger partial charge is 0.477 e. The molecule has 9 aliphatic heterocycles. The highest BCUT2D eigenvalue weighted by Gasteiger charge is 2.62. The molecule has 0 aromatic heterocycles. The molecule has 0 unspecified atom stereocenters. The number of hydrogen-bond donors (Lipinski definition) is 30. The van der Waals surface area contributed by atoms with Crippen LogP contribution in [0.25, 0.3) is 0 Å². The van der Waals surface area contributed by atoms with E-state index < -0.39 is 376 Å². The topological polar surface area (TPSA) is 825 Å². The average molecular weight is 1750 g/mol. The quantitative estimate of drug-likeness (QED) is 0.0297. The predicted molar refractivity (Wildman–Crippen MR) is 371 cm³/mol. The molecule has 0 bridgehead atoms. The number of carbonyl (C=O) groups is 6. The first-order chi connectivity index (χ1) is 56.5. The van der Waals surface area contributed by atoms with Gasteiger partial charge in [-0.15, -0.1) is 0 Å². The average Bonchev–Trinajstić information content (AvgIpc) is 0.766. The lowest BCUT2D eigenvalue weighted by atomic mass is 9.88. The molecule has 9 rings (SSSR count). The molecular formula is C67H111N5O48. The van der Waals surface area contributed by atoms with Gasteiger partial charge in [0.1, 0.15) is 207 Å². The maximum absolute atomic E-state index is 13.2. The Hall–Kier alpha value is -4.82. The Morgan fingerprint density at radius 1 is 0.358 bits per heavy atom. The smallest absolute Gasteiger partial charge is 0.364 e. The molecular weight excluding hydrogens is 1640 g/mol. The van der Waals surface area contributed by atoms with E-state index in [4.69, 9.17) is 80.5 Å². The fourth-order valence-corrected chi connectivity index (χ4v) is 15.3. The summed E-state index contributed by atoms with van der Waals surface area (Å²) in [5.41, 5.74) is 0. The third-order valence-electron chi connectivity index (χ3n) is 21.7.